The van der Waals surface area contributed by atoms with Crippen molar-refractivity contribution in [2.75, 3.05) is 13.1 Å². The summed E-state index contributed by atoms with van der Waals surface area (Å²) in [7, 11) is 0. The minimum atomic E-state index is -0.642. The average molecular weight is 455 g/mol. The predicted octanol–water partition coefficient (Wildman–Crippen LogP) is 5.19. The molecule has 0 N–H and O–H groups in total. The SMILES string of the molecule is C=CCN(CC(=O)N(Cc1ccc(F)cc1)Cc1sccc1C)C(=O)c1ccccc1F. The van der Waals surface area contributed by atoms with Crippen LogP contribution in [0.5, 0.6) is 0 Å². The Bertz CT molecular complexity index is 1100. The summed E-state index contributed by atoms with van der Waals surface area (Å²) in [5.41, 5.74) is 1.74. The van der Waals surface area contributed by atoms with E-state index in [4.69, 9.17) is 0 Å². The Kier molecular flexibility index (Phi) is 7.89. The van der Waals surface area contributed by atoms with Crippen molar-refractivity contribution in [1.29, 1.82) is 0 Å². The topological polar surface area (TPSA) is 40.6 Å². The highest BCUT2D eigenvalue weighted by molar-refractivity contribution is 7.10. The number of hydrogen-bond donors (Lipinski definition) is 0. The Morgan fingerprint density at radius 2 is 1.72 bits per heavy atom. The first kappa shape index (κ1) is 23.3. The summed E-state index contributed by atoms with van der Waals surface area (Å²) in [6, 6.07) is 13.6. The number of benzene rings is 2. The molecule has 0 saturated carbocycles. The monoisotopic (exact) mass is 454 g/mol. The first-order chi connectivity index (χ1) is 15.4. The number of rotatable bonds is 9. The lowest BCUT2D eigenvalue weighted by Gasteiger charge is -2.27. The van der Waals surface area contributed by atoms with E-state index in [1.54, 1.807) is 34.4 Å². The molecule has 0 atom stereocenters. The van der Waals surface area contributed by atoms with Gasteiger partial charge in [0, 0.05) is 18.0 Å². The van der Waals surface area contributed by atoms with Crippen molar-refractivity contribution >= 4 is 23.2 Å². The van der Waals surface area contributed by atoms with Gasteiger partial charge in [-0.25, -0.2) is 8.78 Å². The lowest BCUT2D eigenvalue weighted by Crippen LogP contribution is -2.42. The highest BCUT2D eigenvalue weighted by Gasteiger charge is 2.24. The molecule has 3 aromatic rings. The number of aryl methyl sites for hydroxylation is 1. The molecule has 0 unspecified atom stereocenters. The average Bonchev–Trinajstić information content (AvgIpc) is 3.18. The molecular weight excluding hydrogens is 430 g/mol. The van der Waals surface area contributed by atoms with Gasteiger partial charge in [-0.15, -0.1) is 17.9 Å². The van der Waals surface area contributed by atoms with Crippen LogP contribution in [0.15, 0.2) is 72.6 Å². The molecule has 0 fully saturated rings. The molecule has 2 aromatic carbocycles. The minimum Gasteiger partial charge on any atom is -0.332 e. The Labute approximate surface area is 190 Å². The lowest BCUT2D eigenvalue weighted by molar-refractivity contribution is -0.133. The molecule has 0 spiro atoms. The van der Waals surface area contributed by atoms with Gasteiger partial charge in [-0.3, -0.25) is 9.59 Å². The first-order valence-electron chi connectivity index (χ1n) is 10.1. The second kappa shape index (κ2) is 10.8. The van der Waals surface area contributed by atoms with E-state index in [2.05, 4.69) is 6.58 Å². The Morgan fingerprint density at radius 3 is 2.34 bits per heavy atom. The third kappa shape index (κ3) is 5.88. The van der Waals surface area contributed by atoms with E-state index in [9.17, 15) is 18.4 Å². The molecule has 0 saturated heterocycles. The van der Waals surface area contributed by atoms with Crippen LogP contribution < -0.4 is 0 Å². The van der Waals surface area contributed by atoms with Gasteiger partial charge in [0.1, 0.15) is 18.2 Å². The standard InChI is InChI=1S/C25H24F2N2O2S/c1-3-13-28(25(31)21-6-4-5-7-22(21)27)17-24(30)29(16-23-18(2)12-14-32-23)15-19-8-10-20(26)11-9-19/h3-12,14H,1,13,15-17H2,2H3. The first-order valence-corrected chi connectivity index (χ1v) is 11.0. The van der Waals surface area contributed by atoms with Crippen LogP contribution in [-0.4, -0.2) is 34.7 Å². The maximum absolute atomic E-state index is 14.2. The van der Waals surface area contributed by atoms with Crippen LogP contribution in [0.2, 0.25) is 0 Å². The van der Waals surface area contributed by atoms with Gasteiger partial charge in [0.2, 0.25) is 5.91 Å². The van der Waals surface area contributed by atoms with E-state index in [0.29, 0.717) is 6.54 Å². The molecule has 1 aromatic heterocycles. The lowest BCUT2D eigenvalue weighted by atomic mass is 10.1. The van der Waals surface area contributed by atoms with Crippen molar-refractivity contribution in [3.05, 3.63) is 106 Å². The van der Waals surface area contributed by atoms with Crippen LogP contribution in [0.25, 0.3) is 0 Å². The van der Waals surface area contributed by atoms with Crippen molar-refractivity contribution in [2.24, 2.45) is 0 Å². The Balaban J connectivity index is 1.83. The van der Waals surface area contributed by atoms with Gasteiger partial charge >= 0.3 is 0 Å². The predicted molar refractivity (Wildman–Crippen MR) is 122 cm³/mol. The maximum Gasteiger partial charge on any atom is 0.257 e. The van der Waals surface area contributed by atoms with Gasteiger partial charge in [0.25, 0.3) is 5.91 Å². The molecule has 3 rings (SSSR count). The molecule has 1 heterocycles. The maximum atomic E-state index is 14.2. The zero-order valence-electron chi connectivity index (χ0n) is 17.8. The van der Waals surface area contributed by atoms with E-state index in [-0.39, 0.29) is 36.9 Å². The largest absolute Gasteiger partial charge is 0.332 e. The van der Waals surface area contributed by atoms with Crippen LogP contribution in [0.1, 0.15) is 26.4 Å². The van der Waals surface area contributed by atoms with Crippen molar-refractivity contribution in [1.82, 2.24) is 9.80 Å². The highest BCUT2D eigenvalue weighted by atomic mass is 32.1. The number of thiophene rings is 1. The number of hydrogen-bond acceptors (Lipinski definition) is 3. The summed E-state index contributed by atoms with van der Waals surface area (Å²) in [6.45, 7) is 6.10. The minimum absolute atomic E-state index is 0.0960. The van der Waals surface area contributed by atoms with Gasteiger partial charge in [0.15, 0.2) is 0 Å². The molecular formula is C25H24F2N2O2S. The van der Waals surface area contributed by atoms with E-state index in [1.165, 1.54) is 41.3 Å². The third-order valence-corrected chi connectivity index (χ3v) is 6.02. The Hall–Kier alpha value is -3.32. The molecule has 0 bridgehead atoms. The van der Waals surface area contributed by atoms with Crippen molar-refractivity contribution in [2.45, 2.75) is 20.0 Å². The number of carbonyl (C=O) groups is 2. The van der Waals surface area contributed by atoms with Crippen LogP contribution >= 0.6 is 11.3 Å². The quantitative estimate of drug-likeness (QED) is 0.418. The second-order valence-corrected chi connectivity index (χ2v) is 8.36. The molecule has 0 aliphatic heterocycles. The number of halogens is 2. The summed E-state index contributed by atoms with van der Waals surface area (Å²) < 4.78 is 27.5. The molecule has 0 radical (unpaired) electrons. The van der Waals surface area contributed by atoms with Gasteiger partial charge in [-0.2, -0.15) is 0 Å². The van der Waals surface area contributed by atoms with Crippen LogP contribution in [0.3, 0.4) is 0 Å². The zero-order valence-corrected chi connectivity index (χ0v) is 18.6. The van der Waals surface area contributed by atoms with Gasteiger partial charge in [-0.05, 0) is 53.8 Å². The molecule has 7 heteroatoms. The Morgan fingerprint density at radius 1 is 1.00 bits per heavy atom. The van der Waals surface area contributed by atoms with Gasteiger partial charge in [-0.1, -0.05) is 30.3 Å². The fraction of sp³-hybridized carbons (Fsp3) is 0.200. The molecule has 4 nitrogen and oxygen atoms in total. The van der Waals surface area contributed by atoms with Crippen LogP contribution in [0.4, 0.5) is 8.78 Å². The van der Waals surface area contributed by atoms with E-state index >= 15 is 0 Å². The summed E-state index contributed by atoms with van der Waals surface area (Å²) in [6.07, 6.45) is 1.50. The fourth-order valence-corrected chi connectivity index (χ4v) is 4.15. The van der Waals surface area contributed by atoms with Gasteiger partial charge in [0.05, 0.1) is 12.1 Å². The summed E-state index contributed by atoms with van der Waals surface area (Å²) >= 11 is 1.54. The zero-order chi connectivity index (χ0) is 23.1. The molecule has 32 heavy (non-hydrogen) atoms. The number of nitrogens with zero attached hydrogens (tertiary/aromatic N) is 2. The molecule has 0 aliphatic rings. The molecule has 0 aliphatic carbocycles. The van der Waals surface area contributed by atoms with Crippen molar-refractivity contribution < 1.29 is 18.4 Å². The normalized spacial score (nSPS) is 10.6. The molecule has 166 valence electrons. The van der Waals surface area contributed by atoms with Crippen molar-refractivity contribution in [3.8, 4) is 0 Å². The number of amides is 2. The smallest absolute Gasteiger partial charge is 0.257 e. The van der Waals surface area contributed by atoms with E-state index in [1.807, 2.05) is 18.4 Å². The van der Waals surface area contributed by atoms with Gasteiger partial charge < -0.3 is 9.80 Å². The summed E-state index contributed by atoms with van der Waals surface area (Å²) in [4.78, 5) is 30.1. The van der Waals surface area contributed by atoms with E-state index < -0.39 is 11.7 Å². The molecule has 2 amide bonds. The fourth-order valence-electron chi connectivity index (χ4n) is 3.23. The third-order valence-electron chi connectivity index (χ3n) is 5.01. The summed E-state index contributed by atoms with van der Waals surface area (Å²) in [5, 5.41) is 1.96. The number of carbonyl (C=O) groups excluding carboxylic acids is 2. The van der Waals surface area contributed by atoms with Crippen LogP contribution in [-0.2, 0) is 17.9 Å². The van der Waals surface area contributed by atoms with E-state index in [0.717, 1.165) is 16.0 Å². The van der Waals surface area contributed by atoms with Crippen LogP contribution in [0, 0.1) is 18.6 Å². The highest BCUT2D eigenvalue weighted by Crippen LogP contribution is 2.20. The summed E-state index contributed by atoms with van der Waals surface area (Å²) in [5.74, 6) is -1.87. The second-order valence-electron chi connectivity index (χ2n) is 7.36. The van der Waals surface area contributed by atoms with Crippen molar-refractivity contribution in [3.63, 3.8) is 0 Å².